The SMILES string of the molecule is O=C(c1cnn(-c2ccccc2)c1C1CC1)N1CCN(Cc2ccc(Br)s2)CC1. The predicted octanol–water partition coefficient (Wildman–Crippen LogP) is 4.53. The van der Waals surface area contributed by atoms with Gasteiger partial charge in [-0.05, 0) is 53.0 Å². The molecule has 0 bridgehead atoms. The summed E-state index contributed by atoms with van der Waals surface area (Å²) < 4.78 is 3.14. The molecule has 2 aromatic heterocycles. The predicted molar refractivity (Wildman–Crippen MR) is 119 cm³/mol. The van der Waals surface area contributed by atoms with E-state index >= 15 is 0 Å². The number of hydrogen-bond donors (Lipinski definition) is 0. The van der Waals surface area contributed by atoms with Crippen LogP contribution in [0.5, 0.6) is 0 Å². The molecule has 0 radical (unpaired) electrons. The summed E-state index contributed by atoms with van der Waals surface area (Å²) in [6, 6.07) is 14.4. The van der Waals surface area contributed by atoms with Gasteiger partial charge in [0.15, 0.2) is 0 Å². The minimum atomic E-state index is 0.132. The summed E-state index contributed by atoms with van der Waals surface area (Å²) in [5.74, 6) is 0.586. The molecule has 1 aliphatic carbocycles. The number of carbonyl (C=O) groups is 1. The number of hydrogen-bond acceptors (Lipinski definition) is 4. The quantitative estimate of drug-likeness (QED) is 0.549. The van der Waals surface area contributed by atoms with Gasteiger partial charge < -0.3 is 4.90 Å². The van der Waals surface area contributed by atoms with E-state index in [9.17, 15) is 4.79 Å². The number of aromatic nitrogens is 2. The first-order valence-electron chi connectivity index (χ1n) is 10.1. The van der Waals surface area contributed by atoms with E-state index in [0.29, 0.717) is 5.92 Å². The molecule has 5 nitrogen and oxygen atoms in total. The maximum absolute atomic E-state index is 13.3. The molecule has 29 heavy (non-hydrogen) atoms. The van der Waals surface area contributed by atoms with Crippen molar-refractivity contribution in [3.05, 3.63) is 68.6 Å². The summed E-state index contributed by atoms with van der Waals surface area (Å²) in [7, 11) is 0. The van der Waals surface area contributed by atoms with E-state index in [-0.39, 0.29) is 5.91 Å². The van der Waals surface area contributed by atoms with E-state index in [4.69, 9.17) is 0 Å². The third-order valence-corrected chi connectivity index (χ3v) is 7.28. The van der Waals surface area contributed by atoms with Crippen LogP contribution in [-0.4, -0.2) is 51.7 Å². The Morgan fingerprint density at radius 2 is 1.83 bits per heavy atom. The highest BCUT2D eigenvalue weighted by Crippen LogP contribution is 2.42. The van der Waals surface area contributed by atoms with Gasteiger partial charge >= 0.3 is 0 Å². The summed E-state index contributed by atoms with van der Waals surface area (Å²) >= 11 is 5.31. The van der Waals surface area contributed by atoms with Crippen molar-refractivity contribution in [3.63, 3.8) is 0 Å². The Hall–Kier alpha value is -1.96. The van der Waals surface area contributed by atoms with Gasteiger partial charge in [0.2, 0.25) is 0 Å². The molecule has 0 atom stereocenters. The maximum Gasteiger partial charge on any atom is 0.257 e. The number of rotatable bonds is 5. The minimum absolute atomic E-state index is 0.132. The van der Waals surface area contributed by atoms with E-state index in [1.807, 2.05) is 27.8 Å². The number of nitrogens with zero attached hydrogens (tertiary/aromatic N) is 4. The van der Waals surface area contributed by atoms with Gasteiger partial charge in [-0.15, -0.1) is 11.3 Å². The molecule has 150 valence electrons. The van der Waals surface area contributed by atoms with Crippen molar-refractivity contribution in [1.29, 1.82) is 0 Å². The zero-order chi connectivity index (χ0) is 19.8. The van der Waals surface area contributed by atoms with Gasteiger partial charge in [0, 0.05) is 43.5 Å². The monoisotopic (exact) mass is 470 g/mol. The fraction of sp³-hybridized carbons (Fsp3) is 0.364. The van der Waals surface area contributed by atoms with Crippen molar-refractivity contribution in [2.75, 3.05) is 26.2 Å². The number of amides is 1. The average Bonchev–Trinajstić information content (AvgIpc) is 3.36. The van der Waals surface area contributed by atoms with Gasteiger partial charge in [0.25, 0.3) is 5.91 Å². The first kappa shape index (κ1) is 19.0. The molecule has 2 fully saturated rings. The second kappa shape index (κ2) is 8.05. The van der Waals surface area contributed by atoms with Crippen LogP contribution in [0, 0.1) is 0 Å². The van der Waals surface area contributed by atoms with Crippen LogP contribution in [0.4, 0.5) is 0 Å². The molecule has 7 heteroatoms. The summed E-state index contributed by atoms with van der Waals surface area (Å²) in [6.07, 6.45) is 4.06. The van der Waals surface area contributed by atoms with Crippen LogP contribution in [0.3, 0.4) is 0 Å². The Kier molecular flexibility index (Phi) is 5.28. The Labute approximate surface area is 183 Å². The Morgan fingerprint density at radius 3 is 2.48 bits per heavy atom. The Bertz CT molecular complexity index is 1000. The summed E-state index contributed by atoms with van der Waals surface area (Å²) in [6.45, 7) is 4.31. The molecule has 1 aliphatic heterocycles. The first-order chi connectivity index (χ1) is 14.2. The molecule has 1 saturated heterocycles. The lowest BCUT2D eigenvalue weighted by atomic mass is 10.1. The lowest BCUT2D eigenvalue weighted by Gasteiger charge is -2.34. The van der Waals surface area contributed by atoms with Crippen molar-refractivity contribution in [3.8, 4) is 5.69 Å². The number of carbonyl (C=O) groups excluding carboxylic acids is 1. The second-order valence-corrected chi connectivity index (χ2v) is 10.3. The lowest BCUT2D eigenvalue weighted by Crippen LogP contribution is -2.48. The standard InChI is InChI=1S/C22H23BrN4OS/c23-20-9-8-18(29-20)15-25-10-12-26(13-11-25)22(28)19-14-24-27(21(19)16-6-7-16)17-4-2-1-3-5-17/h1-5,8-9,14,16H,6-7,10-13,15H2. The second-order valence-electron chi connectivity index (χ2n) is 7.74. The number of thiophene rings is 1. The van der Waals surface area contributed by atoms with Crippen molar-refractivity contribution in [2.45, 2.75) is 25.3 Å². The molecule has 1 amide bonds. The van der Waals surface area contributed by atoms with Crippen LogP contribution in [-0.2, 0) is 6.54 Å². The van der Waals surface area contributed by atoms with Crippen LogP contribution in [0.2, 0.25) is 0 Å². The van der Waals surface area contributed by atoms with Crippen LogP contribution in [0.1, 0.15) is 39.7 Å². The van der Waals surface area contributed by atoms with Gasteiger partial charge in [0.1, 0.15) is 0 Å². The molecule has 5 rings (SSSR count). The Balaban J connectivity index is 1.30. The van der Waals surface area contributed by atoms with Crippen molar-refractivity contribution in [2.24, 2.45) is 0 Å². The molecule has 0 N–H and O–H groups in total. The number of benzene rings is 1. The van der Waals surface area contributed by atoms with Crippen LogP contribution in [0.25, 0.3) is 5.69 Å². The maximum atomic E-state index is 13.3. The fourth-order valence-electron chi connectivity index (χ4n) is 3.98. The average molecular weight is 471 g/mol. The van der Waals surface area contributed by atoms with Gasteiger partial charge in [-0.3, -0.25) is 9.69 Å². The smallest absolute Gasteiger partial charge is 0.257 e. The summed E-state index contributed by atoms with van der Waals surface area (Å²) in [4.78, 5) is 19.1. The largest absolute Gasteiger partial charge is 0.336 e. The highest BCUT2D eigenvalue weighted by Gasteiger charge is 2.34. The molecule has 2 aliphatic rings. The summed E-state index contributed by atoms with van der Waals surface area (Å²) in [5, 5.41) is 4.59. The molecule has 1 aromatic carbocycles. The highest BCUT2D eigenvalue weighted by atomic mass is 79.9. The van der Waals surface area contributed by atoms with Gasteiger partial charge in [-0.25, -0.2) is 4.68 Å². The number of halogens is 1. The van der Waals surface area contributed by atoms with Crippen molar-refractivity contribution >= 4 is 33.2 Å². The number of para-hydroxylation sites is 1. The van der Waals surface area contributed by atoms with Crippen LogP contribution in [0.15, 0.2) is 52.4 Å². The third-order valence-electron chi connectivity index (χ3n) is 5.67. The van der Waals surface area contributed by atoms with E-state index in [2.05, 4.69) is 50.2 Å². The zero-order valence-electron chi connectivity index (χ0n) is 16.1. The fourth-order valence-corrected chi connectivity index (χ4v) is 5.51. The molecular formula is C22H23BrN4OS. The topological polar surface area (TPSA) is 41.4 Å². The molecular weight excluding hydrogens is 448 g/mol. The molecule has 3 aromatic rings. The van der Waals surface area contributed by atoms with Crippen LogP contribution >= 0.6 is 27.3 Å². The van der Waals surface area contributed by atoms with Gasteiger partial charge in [-0.2, -0.15) is 5.10 Å². The van der Waals surface area contributed by atoms with E-state index in [1.54, 1.807) is 17.5 Å². The normalized spacial score (nSPS) is 17.6. The van der Waals surface area contributed by atoms with E-state index in [0.717, 1.165) is 62.5 Å². The highest BCUT2D eigenvalue weighted by molar-refractivity contribution is 9.11. The van der Waals surface area contributed by atoms with Crippen molar-refractivity contribution in [1.82, 2.24) is 19.6 Å². The van der Waals surface area contributed by atoms with Gasteiger partial charge in [0.05, 0.1) is 26.9 Å². The van der Waals surface area contributed by atoms with E-state index < -0.39 is 0 Å². The van der Waals surface area contributed by atoms with Gasteiger partial charge in [-0.1, -0.05) is 18.2 Å². The van der Waals surface area contributed by atoms with Crippen molar-refractivity contribution < 1.29 is 4.79 Å². The minimum Gasteiger partial charge on any atom is -0.336 e. The molecule has 0 unspecified atom stereocenters. The van der Waals surface area contributed by atoms with Crippen LogP contribution < -0.4 is 0 Å². The Morgan fingerprint density at radius 1 is 1.07 bits per heavy atom. The molecule has 3 heterocycles. The lowest BCUT2D eigenvalue weighted by molar-refractivity contribution is 0.0628. The first-order valence-corrected chi connectivity index (χ1v) is 11.7. The summed E-state index contributed by atoms with van der Waals surface area (Å²) in [5.41, 5.74) is 2.90. The van der Waals surface area contributed by atoms with E-state index in [1.165, 1.54) is 8.66 Å². The zero-order valence-corrected chi connectivity index (χ0v) is 18.5. The number of piperazine rings is 1. The third kappa shape index (κ3) is 4.04. The molecule has 0 spiro atoms. The molecule has 1 saturated carbocycles.